The first-order chi connectivity index (χ1) is 21.0. The molecule has 44 heavy (non-hydrogen) atoms. The molecule has 0 spiro atoms. The minimum Gasteiger partial charge on any atom is -0.455 e. The van der Waals surface area contributed by atoms with Crippen molar-refractivity contribution in [1.82, 2.24) is 19.8 Å². The standard InChI is InChI=1S/C31H35F4N7O2/c1-3-27(43)42-16-15-41(18-21(42)8-12-36)28-22-9-14-40(25-7-6-20(32)17-23(25)31(33,34)35)19-24(22)37-29(38-28)44-30(10-11-30)26-5-4-13-39(26)2/h3,6-7,17,21,26H,1,4-5,8-11,13-16,18-19H2,2H3/t21-,26-/m0/s1. The van der Waals surface area contributed by atoms with Crippen LogP contribution < -0.4 is 14.5 Å². The molecule has 0 bridgehead atoms. The van der Waals surface area contributed by atoms with Crippen molar-refractivity contribution in [2.45, 2.75) is 68.9 Å². The van der Waals surface area contributed by atoms with E-state index in [-0.39, 0.29) is 49.2 Å². The lowest BCUT2D eigenvalue weighted by Crippen LogP contribution is -2.55. The molecule has 3 fully saturated rings. The van der Waals surface area contributed by atoms with E-state index < -0.39 is 23.2 Å². The second-order valence-electron chi connectivity index (χ2n) is 12.1. The average Bonchev–Trinajstić information content (AvgIpc) is 3.63. The minimum absolute atomic E-state index is 0.0583. The monoisotopic (exact) mass is 613 g/mol. The number of likely N-dealkylation sites (N-methyl/N-ethyl adjacent to an activating group) is 1. The molecule has 6 rings (SSSR count). The lowest BCUT2D eigenvalue weighted by atomic mass is 10.0. The second kappa shape index (κ2) is 11.5. The van der Waals surface area contributed by atoms with Crippen LogP contribution in [0.25, 0.3) is 0 Å². The number of anilines is 2. The van der Waals surface area contributed by atoms with Crippen molar-refractivity contribution < 1.29 is 27.1 Å². The largest absolute Gasteiger partial charge is 0.455 e. The number of likely N-dealkylation sites (tertiary alicyclic amines) is 1. The first kappa shape index (κ1) is 30.1. The number of carbonyl (C=O) groups is 1. The number of ether oxygens (including phenoxy) is 1. The summed E-state index contributed by atoms with van der Waals surface area (Å²) in [5.74, 6) is -0.583. The van der Waals surface area contributed by atoms with Crippen molar-refractivity contribution in [3.63, 3.8) is 0 Å². The molecule has 0 unspecified atom stereocenters. The van der Waals surface area contributed by atoms with Gasteiger partial charge in [-0.15, -0.1) is 0 Å². The molecular formula is C31H35F4N7O2. The number of benzene rings is 1. The minimum atomic E-state index is -4.73. The topological polar surface area (TPSA) is 88.8 Å². The van der Waals surface area contributed by atoms with Crippen LogP contribution in [0.5, 0.6) is 6.01 Å². The van der Waals surface area contributed by atoms with Crippen LogP contribution in [-0.4, -0.2) is 83.1 Å². The zero-order valence-electron chi connectivity index (χ0n) is 24.6. The Balaban J connectivity index is 1.37. The maximum Gasteiger partial charge on any atom is 0.418 e. The Bertz CT molecular complexity index is 1490. The number of piperazine rings is 1. The van der Waals surface area contributed by atoms with Gasteiger partial charge in [0.1, 0.15) is 17.2 Å². The molecule has 2 aromatic rings. The summed E-state index contributed by atoms with van der Waals surface area (Å²) in [6.07, 6.45) is 0.793. The van der Waals surface area contributed by atoms with E-state index in [0.717, 1.165) is 43.9 Å². The lowest BCUT2D eigenvalue weighted by molar-refractivity contribution is -0.137. The van der Waals surface area contributed by atoms with Gasteiger partial charge in [-0.1, -0.05) is 6.58 Å². The number of carbonyl (C=O) groups excluding carboxylic acids is 1. The number of fused-ring (bicyclic) bond motifs is 1. The number of nitriles is 1. The Morgan fingerprint density at radius 1 is 1.20 bits per heavy atom. The van der Waals surface area contributed by atoms with E-state index in [1.807, 2.05) is 4.90 Å². The van der Waals surface area contributed by atoms with Gasteiger partial charge in [0, 0.05) is 43.5 Å². The van der Waals surface area contributed by atoms with E-state index in [1.54, 1.807) is 9.80 Å². The Hall–Kier alpha value is -3.92. The SMILES string of the molecule is C=CC(=O)N1CCN(c2nc(OC3([C@@H]4CCCN4C)CC3)nc3c2CCN(c2ccc(F)cc2C(F)(F)F)C3)C[C@@H]1CC#N. The van der Waals surface area contributed by atoms with E-state index in [0.29, 0.717) is 43.6 Å². The fraction of sp³-hybridized carbons (Fsp3) is 0.548. The van der Waals surface area contributed by atoms with Crippen LogP contribution in [-0.2, 0) is 23.9 Å². The van der Waals surface area contributed by atoms with Crippen LogP contribution in [0.2, 0.25) is 0 Å². The molecule has 2 atom stereocenters. The smallest absolute Gasteiger partial charge is 0.418 e. The van der Waals surface area contributed by atoms with Crippen LogP contribution in [0.1, 0.15) is 48.9 Å². The van der Waals surface area contributed by atoms with Crippen molar-refractivity contribution >= 4 is 17.4 Å². The summed E-state index contributed by atoms with van der Waals surface area (Å²) < 4.78 is 62.3. The van der Waals surface area contributed by atoms with E-state index >= 15 is 0 Å². The molecule has 0 radical (unpaired) electrons. The Kier molecular flexibility index (Phi) is 7.90. The summed E-state index contributed by atoms with van der Waals surface area (Å²) in [4.78, 5) is 29.7. The van der Waals surface area contributed by atoms with E-state index in [2.05, 4.69) is 24.6 Å². The molecule has 1 aliphatic carbocycles. The maximum absolute atomic E-state index is 13.9. The molecule has 1 amide bonds. The number of rotatable bonds is 7. The van der Waals surface area contributed by atoms with Crippen LogP contribution >= 0.6 is 0 Å². The van der Waals surface area contributed by atoms with Crippen molar-refractivity contribution in [3.05, 3.63) is 53.5 Å². The van der Waals surface area contributed by atoms with Crippen molar-refractivity contribution in [2.24, 2.45) is 0 Å². The van der Waals surface area contributed by atoms with Gasteiger partial charge in [0.25, 0.3) is 0 Å². The summed E-state index contributed by atoms with van der Waals surface area (Å²) in [5.41, 5.74) is -0.208. The quantitative estimate of drug-likeness (QED) is 0.337. The van der Waals surface area contributed by atoms with Gasteiger partial charge in [0.2, 0.25) is 5.91 Å². The zero-order valence-corrected chi connectivity index (χ0v) is 24.6. The Morgan fingerprint density at radius 2 is 2.00 bits per heavy atom. The summed E-state index contributed by atoms with van der Waals surface area (Å²) >= 11 is 0. The number of amides is 1. The summed E-state index contributed by atoms with van der Waals surface area (Å²) in [6, 6.07) is 4.92. The molecular weight excluding hydrogens is 578 g/mol. The van der Waals surface area contributed by atoms with Gasteiger partial charge in [-0.25, -0.2) is 4.39 Å². The van der Waals surface area contributed by atoms with Gasteiger partial charge in [0.15, 0.2) is 0 Å². The summed E-state index contributed by atoms with van der Waals surface area (Å²) in [6.45, 7) is 6.03. The molecule has 2 saturated heterocycles. The van der Waals surface area contributed by atoms with E-state index in [9.17, 15) is 27.6 Å². The highest BCUT2D eigenvalue weighted by Crippen LogP contribution is 2.48. The predicted octanol–water partition coefficient (Wildman–Crippen LogP) is 4.32. The highest BCUT2D eigenvalue weighted by atomic mass is 19.4. The van der Waals surface area contributed by atoms with Gasteiger partial charge in [-0.2, -0.15) is 28.4 Å². The number of nitrogens with zero attached hydrogens (tertiary/aromatic N) is 7. The molecule has 4 heterocycles. The third kappa shape index (κ3) is 5.67. The highest BCUT2D eigenvalue weighted by molar-refractivity contribution is 5.87. The predicted molar refractivity (Wildman–Crippen MR) is 155 cm³/mol. The first-order valence-electron chi connectivity index (χ1n) is 15.0. The number of aromatic nitrogens is 2. The highest BCUT2D eigenvalue weighted by Gasteiger charge is 2.55. The van der Waals surface area contributed by atoms with E-state index in [4.69, 9.17) is 14.7 Å². The molecule has 4 aliphatic rings. The second-order valence-corrected chi connectivity index (χ2v) is 12.1. The third-order valence-corrected chi connectivity index (χ3v) is 9.36. The van der Waals surface area contributed by atoms with Gasteiger partial charge < -0.3 is 19.4 Å². The lowest BCUT2D eigenvalue weighted by Gasteiger charge is -2.42. The molecule has 0 N–H and O–H groups in total. The number of alkyl halides is 3. The maximum atomic E-state index is 13.9. The Labute approximate surface area is 253 Å². The van der Waals surface area contributed by atoms with Gasteiger partial charge >= 0.3 is 12.2 Å². The van der Waals surface area contributed by atoms with Crippen molar-refractivity contribution in [2.75, 3.05) is 49.6 Å². The fourth-order valence-corrected chi connectivity index (χ4v) is 7.03. The summed E-state index contributed by atoms with van der Waals surface area (Å²) in [7, 11) is 2.08. The molecule has 1 aromatic heterocycles. The van der Waals surface area contributed by atoms with Crippen LogP contribution in [0.4, 0.5) is 29.1 Å². The molecule has 9 nitrogen and oxygen atoms in total. The van der Waals surface area contributed by atoms with Crippen LogP contribution in [0, 0.1) is 17.1 Å². The third-order valence-electron chi connectivity index (χ3n) is 9.36. The van der Waals surface area contributed by atoms with E-state index in [1.165, 1.54) is 12.1 Å². The summed E-state index contributed by atoms with van der Waals surface area (Å²) in [5, 5.41) is 9.49. The first-order valence-corrected chi connectivity index (χ1v) is 15.0. The fourth-order valence-electron chi connectivity index (χ4n) is 7.03. The van der Waals surface area contributed by atoms with Crippen molar-refractivity contribution in [3.8, 4) is 12.1 Å². The molecule has 3 aliphatic heterocycles. The molecule has 13 heteroatoms. The van der Waals surface area contributed by atoms with Crippen LogP contribution in [0.3, 0.4) is 0 Å². The number of halogens is 4. The number of hydrogen-bond acceptors (Lipinski definition) is 8. The molecule has 1 aromatic carbocycles. The normalized spacial score (nSPS) is 23.2. The average molecular weight is 614 g/mol. The van der Waals surface area contributed by atoms with Gasteiger partial charge in [-0.3, -0.25) is 9.69 Å². The molecule has 1 saturated carbocycles. The van der Waals surface area contributed by atoms with Crippen molar-refractivity contribution in [1.29, 1.82) is 5.26 Å². The zero-order chi connectivity index (χ0) is 31.2. The van der Waals surface area contributed by atoms with Crippen LogP contribution in [0.15, 0.2) is 30.9 Å². The molecule has 234 valence electrons. The van der Waals surface area contributed by atoms with Gasteiger partial charge in [-0.05, 0) is 70.0 Å². The Morgan fingerprint density at radius 3 is 2.66 bits per heavy atom. The van der Waals surface area contributed by atoms with Gasteiger partial charge in [0.05, 0.1) is 36.3 Å². The number of hydrogen-bond donors (Lipinski definition) is 0.